The first-order valence-corrected chi connectivity index (χ1v) is 15.2. The van der Waals surface area contributed by atoms with Crippen molar-refractivity contribution >= 4 is 46.9 Å². The Morgan fingerprint density at radius 2 is 1.41 bits per heavy atom. The molecule has 1 unspecified atom stereocenters. The number of carbonyl (C=O) groups is 3. The Bertz CT molecular complexity index is 1830. The third-order valence-corrected chi connectivity index (χ3v) is 8.00. The van der Waals surface area contributed by atoms with Crippen molar-refractivity contribution in [1.29, 1.82) is 0 Å². The molecule has 9 heteroatoms. The summed E-state index contributed by atoms with van der Waals surface area (Å²) < 4.78 is 18.7. The maximum absolute atomic E-state index is 13.5. The topological polar surface area (TPSA) is 96.5 Å². The van der Waals surface area contributed by atoms with E-state index in [2.05, 4.69) is 16.0 Å². The van der Waals surface area contributed by atoms with E-state index in [1.165, 1.54) is 42.1 Å². The third kappa shape index (κ3) is 8.71. The lowest BCUT2D eigenvalue weighted by Gasteiger charge is -2.18. The maximum atomic E-state index is 13.5. The zero-order valence-corrected chi connectivity index (χ0v) is 25.6. The van der Waals surface area contributed by atoms with Crippen LogP contribution in [-0.4, -0.2) is 24.8 Å². The van der Waals surface area contributed by atoms with Crippen LogP contribution >= 0.6 is 11.8 Å². The first-order valence-electron chi connectivity index (χ1n) is 14.3. The molecule has 0 aliphatic rings. The molecule has 1 atom stereocenters. The molecule has 0 heterocycles. The standard InChI is InChI=1S/C37H30FN3O4S/c1-45-31-21-19-29(20-22-31)39-37(44)34(26-9-4-2-5-10-26)46-32-14-8-13-30(24-32)40-36(43)33(23-25-15-17-28(38)18-16-25)41-35(42)27-11-6-3-7-12-27/h2-24,34H,1H3,(H,39,44)(H,40,43)(H,41,42)/b33-23-. The molecule has 0 bridgehead atoms. The summed E-state index contributed by atoms with van der Waals surface area (Å²) in [6.07, 6.45) is 1.48. The van der Waals surface area contributed by atoms with Gasteiger partial charge >= 0.3 is 0 Å². The monoisotopic (exact) mass is 631 g/mol. The molecule has 0 aliphatic carbocycles. The largest absolute Gasteiger partial charge is 0.497 e. The quantitative estimate of drug-likeness (QED) is 0.103. The molecule has 230 valence electrons. The van der Waals surface area contributed by atoms with Gasteiger partial charge in [0, 0.05) is 21.8 Å². The maximum Gasteiger partial charge on any atom is 0.272 e. The minimum atomic E-state index is -0.603. The molecule has 3 N–H and O–H groups in total. The smallest absolute Gasteiger partial charge is 0.272 e. The van der Waals surface area contributed by atoms with E-state index in [-0.39, 0.29) is 11.6 Å². The van der Waals surface area contributed by atoms with Crippen LogP contribution in [0.4, 0.5) is 15.8 Å². The fourth-order valence-electron chi connectivity index (χ4n) is 4.43. The van der Waals surface area contributed by atoms with Gasteiger partial charge in [0.25, 0.3) is 11.8 Å². The molecular formula is C37H30FN3O4S. The Kier molecular flexibility index (Phi) is 10.6. The number of amides is 3. The van der Waals surface area contributed by atoms with Crippen molar-refractivity contribution in [2.75, 3.05) is 17.7 Å². The van der Waals surface area contributed by atoms with Gasteiger partial charge < -0.3 is 20.7 Å². The number of hydrogen-bond acceptors (Lipinski definition) is 5. The van der Waals surface area contributed by atoms with E-state index in [0.29, 0.717) is 28.3 Å². The highest BCUT2D eigenvalue weighted by molar-refractivity contribution is 8.00. The predicted octanol–water partition coefficient (Wildman–Crippen LogP) is 7.72. The van der Waals surface area contributed by atoms with Gasteiger partial charge in [-0.15, -0.1) is 11.8 Å². The molecule has 5 rings (SSSR count). The lowest BCUT2D eigenvalue weighted by molar-refractivity contribution is -0.116. The SMILES string of the molecule is COc1ccc(NC(=O)C(Sc2cccc(NC(=O)/C(=C/c3ccc(F)cc3)NC(=O)c3ccccc3)c2)c2ccccc2)cc1. The minimum absolute atomic E-state index is 0.0282. The minimum Gasteiger partial charge on any atom is -0.497 e. The molecule has 0 spiro atoms. The highest BCUT2D eigenvalue weighted by atomic mass is 32.2. The van der Waals surface area contributed by atoms with Gasteiger partial charge in [0.1, 0.15) is 22.5 Å². The zero-order chi connectivity index (χ0) is 32.3. The van der Waals surface area contributed by atoms with Crippen LogP contribution in [0.15, 0.2) is 144 Å². The number of halogens is 1. The lowest BCUT2D eigenvalue weighted by Crippen LogP contribution is -2.30. The van der Waals surface area contributed by atoms with E-state index < -0.39 is 22.9 Å². The van der Waals surface area contributed by atoms with Crippen LogP contribution in [-0.2, 0) is 9.59 Å². The number of hydrogen-bond donors (Lipinski definition) is 3. The van der Waals surface area contributed by atoms with E-state index in [0.717, 1.165) is 10.5 Å². The first-order chi connectivity index (χ1) is 22.4. The number of benzene rings is 5. The molecule has 46 heavy (non-hydrogen) atoms. The van der Waals surface area contributed by atoms with E-state index in [1.54, 1.807) is 79.9 Å². The van der Waals surface area contributed by atoms with Crippen LogP contribution in [0.3, 0.4) is 0 Å². The summed E-state index contributed by atoms with van der Waals surface area (Å²) >= 11 is 1.33. The average Bonchev–Trinajstić information content (AvgIpc) is 3.09. The van der Waals surface area contributed by atoms with Gasteiger partial charge in [0.15, 0.2) is 0 Å². The molecule has 7 nitrogen and oxygen atoms in total. The summed E-state index contributed by atoms with van der Waals surface area (Å²) in [7, 11) is 1.58. The number of carbonyl (C=O) groups excluding carboxylic acids is 3. The fraction of sp³-hybridized carbons (Fsp3) is 0.0541. The fourth-order valence-corrected chi connectivity index (χ4v) is 5.52. The van der Waals surface area contributed by atoms with Gasteiger partial charge in [-0.05, 0) is 83.9 Å². The van der Waals surface area contributed by atoms with Gasteiger partial charge in [-0.2, -0.15) is 0 Å². The van der Waals surface area contributed by atoms with Crippen molar-refractivity contribution < 1.29 is 23.5 Å². The van der Waals surface area contributed by atoms with Crippen LogP contribution in [0.2, 0.25) is 0 Å². The average molecular weight is 632 g/mol. The molecule has 5 aromatic carbocycles. The van der Waals surface area contributed by atoms with Crippen LogP contribution in [0.5, 0.6) is 5.75 Å². The Morgan fingerprint density at radius 1 is 0.739 bits per heavy atom. The number of nitrogens with one attached hydrogen (secondary N) is 3. The Labute approximate surface area is 270 Å². The van der Waals surface area contributed by atoms with Crippen LogP contribution in [0, 0.1) is 5.82 Å². The molecule has 0 radical (unpaired) electrons. The molecule has 3 amide bonds. The van der Waals surface area contributed by atoms with E-state index >= 15 is 0 Å². The number of anilines is 2. The van der Waals surface area contributed by atoms with Gasteiger partial charge in [-0.25, -0.2) is 4.39 Å². The third-order valence-electron chi connectivity index (χ3n) is 6.75. The van der Waals surface area contributed by atoms with E-state index in [4.69, 9.17) is 4.74 Å². The summed E-state index contributed by atoms with van der Waals surface area (Å²) in [6, 6.07) is 37.7. The molecule has 0 aromatic heterocycles. The zero-order valence-electron chi connectivity index (χ0n) is 24.8. The number of thioether (sulfide) groups is 1. The molecule has 0 fully saturated rings. The van der Waals surface area contributed by atoms with Crippen molar-refractivity contribution in [3.05, 3.63) is 162 Å². The van der Waals surface area contributed by atoms with Gasteiger partial charge in [0.05, 0.1) is 7.11 Å². The Morgan fingerprint density at radius 3 is 2.09 bits per heavy atom. The second-order valence-electron chi connectivity index (χ2n) is 10.0. The van der Waals surface area contributed by atoms with Gasteiger partial charge in [0.2, 0.25) is 5.91 Å². The highest BCUT2D eigenvalue weighted by Gasteiger charge is 2.23. The summed E-state index contributed by atoms with van der Waals surface area (Å²) in [5.74, 6) is -1.00. The van der Waals surface area contributed by atoms with Gasteiger partial charge in [-0.3, -0.25) is 14.4 Å². The molecule has 0 aliphatic heterocycles. The van der Waals surface area contributed by atoms with Crippen molar-refractivity contribution in [1.82, 2.24) is 5.32 Å². The second kappa shape index (κ2) is 15.4. The van der Waals surface area contributed by atoms with Crippen molar-refractivity contribution in [3.8, 4) is 5.75 Å². The Hall–Kier alpha value is -5.67. The van der Waals surface area contributed by atoms with E-state index in [1.807, 2.05) is 36.4 Å². The lowest BCUT2D eigenvalue weighted by atomic mass is 10.1. The normalized spacial score (nSPS) is 11.7. The van der Waals surface area contributed by atoms with Gasteiger partial charge in [-0.1, -0.05) is 66.7 Å². The number of ether oxygens (including phenoxy) is 1. The molecule has 0 saturated carbocycles. The molecule has 0 saturated heterocycles. The van der Waals surface area contributed by atoms with E-state index in [9.17, 15) is 18.8 Å². The number of rotatable bonds is 11. The number of methoxy groups -OCH3 is 1. The summed E-state index contributed by atoms with van der Waals surface area (Å²) in [4.78, 5) is 40.7. The highest BCUT2D eigenvalue weighted by Crippen LogP contribution is 2.37. The summed E-state index contributed by atoms with van der Waals surface area (Å²) in [6.45, 7) is 0. The molecule has 5 aromatic rings. The van der Waals surface area contributed by atoms with Crippen LogP contribution in [0.1, 0.15) is 26.7 Å². The predicted molar refractivity (Wildman–Crippen MR) is 180 cm³/mol. The summed E-state index contributed by atoms with van der Waals surface area (Å²) in [5.41, 5.74) is 2.76. The van der Waals surface area contributed by atoms with Crippen molar-refractivity contribution in [2.24, 2.45) is 0 Å². The van der Waals surface area contributed by atoms with Crippen LogP contribution < -0.4 is 20.7 Å². The second-order valence-corrected chi connectivity index (χ2v) is 11.2. The van der Waals surface area contributed by atoms with Crippen molar-refractivity contribution in [2.45, 2.75) is 10.1 Å². The van der Waals surface area contributed by atoms with Crippen LogP contribution in [0.25, 0.3) is 6.08 Å². The van der Waals surface area contributed by atoms with Crippen molar-refractivity contribution in [3.63, 3.8) is 0 Å². The first kappa shape index (κ1) is 31.7. The molecular weight excluding hydrogens is 601 g/mol. The summed E-state index contributed by atoms with van der Waals surface area (Å²) in [5, 5.41) is 7.89. The Balaban J connectivity index is 1.36.